The molecule has 3 aromatic rings. The minimum atomic E-state index is -0.681. The number of rotatable bonds is 11. The van der Waals surface area contributed by atoms with Crippen LogP contribution in [0.5, 0.6) is 5.75 Å². The Morgan fingerprint density at radius 1 is 1.22 bits per heavy atom. The Kier molecular flexibility index (Phi) is 9.51. The first-order valence-corrected chi connectivity index (χ1v) is 13.6. The topological polar surface area (TPSA) is 138 Å². The van der Waals surface area contributed by atoms with Crippen molar-refractivity contribution < 1.29 is 23.9 Å². The molecule has 192 valence electrons. The molecule has 0 aliphatic heterocycles. The van der Waals surface area contributed by atoms with Gasteiger partial charge in [-0.2, -0.15) is 0 Å². The molecule has 3 rings (SSSR count). The number of thioether (sulfide) groups is 1. The standard InChI is InChI=1S/C23H26BrN5O5S2/c1-5-29-16(10-33-15-8-6-14(24)7-9-15)27-28-23(29)35-11-17(30)26-21-18(22(32)34-12(2)3)13(4)19(36-21)20(25)31/h6-9,12H,5,10-11H2,1-4H3,(H2,25,31)(H,26,30). The second-order valence-electron chi connectivity index (χ2n) is 7.80. The first-order chi connectivity index (χ1) is 17.1. The number of carbonyl (C=O) groups excluding carboxylic acids is 3. The molecule has 0 fully saturated rings. The van der Waals surface area contributed by atoms with Crippen LogP contribution in [0.2, 0.25) is 0 Å². The fraction of sp³-hybridized carbons (Fsp3) is 0.348. The normalized spacial score (nSPS) is 10.9. The van der Waals surface area contributed by atoms with E-state index in [4.69, 9.17) is 15.2 Å². The van der Waals surface area contributed by atoms with Gasteiger partial charge in [-0.05, 0) is 57.5 Å². The van der Waals surface area contributed by atoms with Gasteiger partial charge in [0.2, 0.25) is 5.91 Å². The van der Waals surface area contributed by atoms with Gasteiger partial charge >= 0.3 is 5.97 Å². The van der Waals surface area contributed by atoms with E-state index in [9.17, 15) is 14.4 Å². The highest BCUT2D eigenvalue weighted by molar-refractivity contribution is 9.10. The Labute approximate surface area is 225 Å². The summed E-state index contributed by atoms with van der Waals surface area (Å²) in [5.74, 6) is -0.356. The van der Waals surface area contributed by atoms with Crippen LogP contribution in [0, 0.1) is 6.92 Å². The van der Waals surface area contributed by atoms with Gasteiger partial charge in [-0.3, -0.25) is 9.59 Å². The van der Waals surface area contributed by atoms with Crippen LogP contribution in [-0.2, 0) is 22.7 Å². The molecule has 13 heteroatoms. The number of hydrogen-bond donors (Lipinski definition) is 2. The third kappa shape index (κ3) is 6.86. The van der Waals surface area contributed by atoms with Gasteiger partial charge in [0.15, 0.2) is 11.0 Å². The molecule has 2 aromatic heterocycles. The molecule has 2 heterocycles. The monoisotopic (exact) mass is 595 g/mol. The molecule has 0 bridgehead atoms. The highest BCUT2D eigenvalue weighted by Crippen LogP contribution is 2.34. The SMILES string of the molecule is CCn1c(COc2ccc(Br)cc2)nnc1SCC(=O)Nc1sc(C(N)=O)c(C)c1C(=O)OC(C)C. The number of hydrogen-bond acceptors (Lipinski definition) is 9. The molecule has 0 saturated carbocycles. The molecule has 0 radical (unpaired) electrons. The summed E-state index contributed by atoms with van der Waals surface area (Å²) in [7, 11) is 0. The molecule has 0 unspecified atom stereocenters. The van der Waals surface area contributed by atoms with Gasteiger partial charge in [0, 0.05) is 11.0 Å². The number of halogens is 1. The average molecular weight is 597 g/mol. The lowest BCUT2D eigenvalue weighted by atomic mass is 10.1. The lowest BCUT2D eigenvalue weighted by molar-refractivity contribution is -0.113. The lowest BCUT2D eigenvalue weighted by Gasteiger charge is -2.11. The molecular formula is C23H26BrN5O5S2. The van der Waals surface area contributed by atoms with Gasteiger partial charge in [-0.15, -0.1) is 21.5 Å². The summed E-state index contributed by atoms with van der Waals surface area (Å²) in [5.41, 5.74) is 5.95. The number of carbonyl (C=O) groups is 3. The van der Waals surface area contributed by atoms with Crippen molar-refractivity contribution in [2.45, 2.75) is 52.1 Å². The van der Waals surface area contributed by atoms with E-state index in [1.165, 1.54) is 11.8 Å². The summed E-state index contributed by atoms with van der Waals surface area (Å²) >= 11 is 5.53. The number of amides is 2. The molecule has 0 aliphatic carbocycles. The van der Waals surface area contributed by atoms with Crippen molar-refractivity contribution in [3.05, 3.63) is 50.6 Å². The van der Waals surface area contributed by atoms with Crippen molar-refractivity contribution in [2.75, 3.05) is 11.1 Å². The molecule has 1 aromatic carbocycles. The summed E-state index contributed by atoms with van der Waals surface area (Å²) in [6.07, 6.45) is -0.365. The largest absolute Gasteiger partial charge is 0.486 e. The van der Waals surface area contributed by atoms with Crippen LogP contribution < -0.4 is 15.8 Å². The first kappa shape index (κ1) is 27.7. The zero-order valence-electron chi connectivity index (χ0n) is 20.2. The van der Waals surface area contributed by atoms with E-state index in [1.54, 1.807) is 20.8 Å². The maximum Gasteiger partial charge on any atom is 0.341 e. The van der Waals surface area contributed by atoms with Crippen molar-refractivity contribution in [3.8, 4) is 5.75 Å². The molecule has 0 saturated heterocycles. The third-order valence-electron chi connectivity index (χ3n) is 4.79. The number of esters is 1. The average Bonchev–Trinajstić information content (AvgIpc) is 3.36. The van der Waals surface area contributed by atoms with Crippen molar-refractivity contribution in [3.63, 3.8) is 0 Å². The van der Waals surface area contributed by atoms with E-state index in [0.717, 1.165) is 15.8 Å². The summed E-state index contributed by atoms with van der Waals surface area (Å²) in [6.45, 7) is 7.79. The maximum absolute atomic E-state index is 12.7. The van der Waals surface area contributed by atoms with E-state index < -0.39 is 11.9 Å². The predicted molar refractivity (Wildman–Crippen MR) is 142 cm³/mol. The number of ether oxygens (including phenoxy) is 2. The van der Waals surface area contributed by atoms with Crippen LogP contribution in [-0.4, -0.2) is 44.4 Å². The molecule has 0 atom stereocenters. The van der Waals surface area contributed by atoms with Crippen molar-refractivity contribution in [1.29, 1.82) is 0 Å². The van der Waals surface area contributed by atoms with Gasteiger partial charge < -0.3 is 25.1 Å². The predicted octanol–water partition coefficient (Wildman–Crippen LogP) is 4.40. The number of benzene rings is 1. The van der Waals surface area contributed by atoms with Crippen LogP contribution in [0.1, 0.15) is 52.2 Å². The van der Waals surface area contributed by atoms with Gasteiger partial charge in [0.25, 0.3) is 5.91 Å². The van der Waals surface area contributed by atoms with E-state index in [2.05, 4.69) is 31.4 Å². The number of anilines is 1. The number of nitrogens with two attached hydrogens (primary N) is 1. The Balaban J connectivity index is 1.68. The second kappa shape index (κ2) is 12.4. The highest BCUT2D eigenvalue weighted by atomic mass is 79.9. The Hall–Kier alpha value is -2.90. The maximum atomic E-state index is 12.7. The lowest BCUT2D eigenvalue weighted by Crippen LogP contribution is -2.18. The third-order valence-corrected chi connectivity index (χ3v) is 7.51. The zero-order chi connectivity index (χ0) is 26.4. The molecule has 3 N–H and O–H groups in total. The molecule has 2 amide bonds. The summed E-state index contributed by atoms with van der Waals surface area (Å²) in [6, 6.07) is 7.46. The van der Waals surface area contributed by atoms with Gasteiger partial charge in [0.05, 0.1) is 22.3 Å². The highest BCUT2D eigenvalue weighted by Gasteiger charge is 2.26. The Morgan fingerprint density at radius 3 is 2.53 bits per heavy atom. The number of thiophene rings is 1. The van der Waals surface area contributed by atoms with Gasteiger partial charge in [0.1, 0.15) is 17.4 Å². The number of primary amides is 1. The summed E-state index contributed by atoms with van der Waals surface area (Å²) in [4.78, 5) is 37.3. The van der Waals surface area contributed by atoms with Crippen LogP contribution in [0.25, 0.3) is 0 Å². The van der Waals surface area contributed by atoms with Crippen molar-refractivity contribution in [1.82, 2.24) is 14.8 Å². The molecule has 36 heavy (non-hydrogen) atoms. The van der Waals surface area contributed by atoms with Crippen LogP contribution in [0.3, 0.4) is 0 Å². The summed E-state index contributed by atoms with van der Waals surface area (Å²) < 4.78 is 13.9. The smallest absolute Gasteiger partial charge is 0.341 e. The van der Waals surface area contributed by atoms with E-state index >= 15 is 0 Å². The van der Waals surface area contributed by atoms with E-state index in [1.807, 2.05) is 35.8 Å². The second-order valence-corrected chi connectivity index (χ2v) is 10.7. The fourth-order valence-electron chi connectivity index (χ4n) is 3.18. The molecule has 0 spiro atoms. The van der Waals surface area contributed by atoms with Gasteiger partial charge in [-0.1, -0.05) is 27.7 Å². The minimum absolute atomic E-state index is 0.00717. The number of aromatic nitrogens is 3. The van der Waals surface area contributed by atoms with Crippen molar-refractivity contribution >= 4 is 61.8 Å². The Morgan fingerprint density at radius 2 is 1.92 bits per heavy atom. The van der Waals surface area contributed by atoms with Crippen LogP contribution >= 0.6 is 39.0 Å². The van der Waals surface area contributed by atoms with Gasteiger partial charge in [-0.25, -0.2) is 4.79 Å². The quantitative estimate of drug-likeness (QED) is 0.245. The van der Waals surface area contributed by atoms with E-state index in [0.29, 0.717) is 28.8 Å². The zero-order valence-corrected chi connectivity index (χ0v) is 23.4. The molecule has 0 aliphatic rings. The minimum Gasteiger partial charge on any atom is -0.486 e. The molecule has 10 nitrogen and oxygen atoms in total. The fourth-order valence-corrected chi connectivity index (χ4v) is 5.33. The number of nitrogens with one attached hydrogen (secondary N) is 1. The van der Waals surface area contributed by atoms with E-state index in [-0.39, 0.29) is 39.8 Å². The van der Waals surface area contributed by atoms with Crippen LogP contribution in [0.4, 0.5) is 5.00 Å². The van der Waals surface area contributed by atoms with Crippen LogP contribution in [0.15, 0.2) is 33.9 Å². The van der Waals surface area contributed by atoms with Crippen molar-refractivity contribution in [2.24, 2.45) is 5.73 Å². The summed E-state index contributed by atoms with van der Waals surface area (Å²) in [5, 5.41) is 11.9. The molecular weight excluding hydrogens is 570 g/mol. The Bertz CT molecular complexity index is 1260. The number of nitrogens with zero attached hydrogens (tertiary/aromatic N) is 3. The first-order valence-electron chi connectivity index (χ1n) is 11.0.